The molecule has 0 fully saturated rings. The average molecular weight is 136 g/mol. The summed E-state index contributed by atoms with van der Waals surface area (Å²) in [5.41, 5.74) is 0. The molecule has 54 valence electrons. The molecule has 1 N–H and O–H groups in total. The normalized spacial score (nSPS) is 9.22. The average Bonchev–Trinajstić information content (AvgIpc) is 1.80. The first-order valence-corrected chi connectivity index (χ1v) is 2.89. The van der Waals surface area contributed by atoms with Crippen LogP contribution in [0.3, 0.4) is 0 Å². The lowest BCUT2D eigenvalue weighted by Crippen LogP contribution is -1.80. The second-order valence-corrected chi connectivity index (χ2v) is 1.71. The predicted molar refractivity (Wildman–Crippen MR) is 31.2 cm³/mol. The SMILES string of the molecule is OCCCCC=C(F)F. The van der Waals surface area contributed by atoms with Gasteiger partial charge in [-0.2, -0.15) is 8.78 Å². The summed E-state index contributed by atoms with van der Waals surface area (Å²) in [5.74, 6) is 0. The first-order valence-electron chi connectivity index (χ1n) is 2.89. The van der Waals surface area contributed by atoms with Crippen molar-refractivity contribution >= 4 is 0 Å². The molecule has 0 atom stereocenters. The number of hydrogen-bond donors (Lipinski definition) is 1. The van der Waals surface area contributed by atoms with Gasteiger partial charge in [-0.1, -0.05) is 0 Å². The van der Waals surface area contributed by atoms with Crippen molar-refractivity contribution in [2.24, 2.45) is 0 Å². The summed E-state index contributed by atoms with van der Waals surface area (Å²) >= 11 is 0. The summed E-state index contributed by atoms with van der Waals surface area (Å²) in [6.07, 6.45) is 0.837. The lowest BCUT2D eigenvalue weighted by molar-refractivity contribution is 0.284. The zero-order chi connectivity index (χ0) is 7.11. The van der Waals surface area contributed by atoms with Gasteiger partial charge in [0.15, 0.2) is 0 Å². The molecule has 0 heterocycles. The Labute approximate surface area is 53.0 Å². The van der Waals surface area contributed by atoms with Crippen molar-refractivity contribution < 1.29 is 13.9 Å². The largest absolute Gasteiger partial charge is 0.396 e. The molecule has 0 spiro atoms. The number of halogens is 2. The Kier molecular flexibility index (Phi) is 5.41. The Balaban J connectivity index is 3.00. The predicted octanol–water partition coefficient (Wildman–Crippen LogP) is 1.93. The van der Waals surface area contributed by atoms with Gasteiger partial charge in [0.1, 0.15) is 0 Å². The third kappa shape index (κ3) is 7.56. The van der Waals surface area contributed by atoms with Gasteiger partial charge in [0.2, 0.25) is 0 Å². The van der Waals surface area contributed by atoms with Crippen molar-refractivity contribution in [2.45, 2.75) is 19.3 Å². The zero-order valence-corrected chi connectivity index (χ0v) is 5.11. The summed E-state index contributed by atoms with van der Waals surface area (Å²) in [4.78, 5) is 0. The summed E-state index contributed by atoms with van der Waals surface area (Å²) < 4.78 is 22.5. The molecule has 0 aliphatic carbocycles. The molecule has 0 aliphatic rings. The molecule has 0 unspecified atom stereocenters. The summed E-state index contributed by atoms with van der Waals surface area (Å²) in [6, 6.07) is 0. The second kappa shape index (κ2) is 5.69. The number of hydrogen-bond acceptors (Lipinski definition) is 1. The fourth-order valence-corrected chi connectivity index (χ4v) is 0.467. The van der Waals surface area contributed by atoms with Gasteiger partial charge in [-0.05, 0) is 25.3 Å². The van der Waals surface area contributed by atoms with Crippen LogP contribution in [0.1, 0.15) is 19.3 Å². The van der Waals surface area contributed by atoms with E-state index in [-0.39, 0.29) is 6.61 Å². The van der Waals surface area contributed by atoms with Crippen molar-refractivity contribution in [3.05, 3.63) is 12.2 Å². The quantitative estimate of drug-likeness (QED) is 0.585. The topological polar surface area (TPSA) is 20.2 Å². The molecular weight excluding hydrogens is 126 g/mol. The van der Waals surface area contributed by atoms with Crippen molar-refractivity contribution in [3.63, 3.8) is 0 Å². The fraction of sp³-hybridized carbons (Fsp3) is 0.667. The van der Waals surface area contributed by atoms with Gasteiger partial charge in [-0.3, -0.25) is 0 Å². The minimum absolute atomic E-state index is 0.0851. The maximum atomic E-state index is 11.3. The van der Waals surface area contributed by atoms with E-state index in [9.17, 15) is 8.78 Å². The molecule has 0 aliphatic heterocycles. The molecule has 0 aromatic carbocycles. The molecule has 0 saturated carbocycles. The minimum atomic E-state index is -1.63. The van der Waals surface area contributed by atoms with Crippen LogP contribution >= 0.6 is 0 Å². The van der Waals surface area contributed by atoms with Crippen LogP contribution in [0.5, 0.6) is 0 Å². The van der Waals surface area contributed by atoms with Crippen molar-refractivity contribution in [3.8, 4) is 0 Å². The molecule has 9 heavy (non-hydrogen) atoms. The fourth-order valence-electron chi connectivity index (χ4n) is 0.467. The molecule has 0 saturated heterocycles. The Morgan fingerprint density at radius 3 is 2.44 bits per heavy atom. The summed E-state index contributed by atoms with van der Waals surface area (Å²) in [5, 5.41) is 8.22. The molecule has 0 aromatic heterocycles. The molecular formula is C6H10F2O. The van der Waals surface area contributed by atoms with Gasteiger partial charge >= 0.3 is 0 Å². The Hall–Kier alpha value is -0.440. The maximum Gasteiger partial charge on any atom is 0.266 e. The standard InChI is InChI=1S/C6H10F2O/c7-6(8)4-2-1-3-5-9/h4,9H,1-3,5H2. The Bertz CT molecular complexity index is 87.1. The minimum Gasteiger partial charge on any atom is -0.396 e. The third-order valence-electron chi connectivity index (χ3n) is 0.911. The van der Waals surface area contributed by atoms with Crippen LogP contribution in [0.15, 0.2) is 12.2 Å². The smallest absolute Gasteiger partial charge is 0.266 e. The van der Waals surface area contributed by atoms with E-state index in [1.165, 1.54) is 0 Å². The molecule has 0 bridgehead atoms. The lowest BCUT2D eigenvalue weighted by atomic mass is 10.2. The highest BCUT2D eigenvalue weighted by Gasteiger charge is 1.87. The van der Waals surface area contributed by atoms with Crippen LogP contribution in [0.4, 0.5) is 8.78 Å². The molecule has 0 rings (SSSR count). The Morgan fingerprint density at radius 2 is 2.00 bits per heavy atom. The van der Waals surface area contributed by atoms with Crippen LogP contribution < -0.4 is 0 Å². The van der Waals surface area contributed by atoms with E-state index in [1.54, 1.807) is 0 Å². The van der Waals surface area contributed by atoms with Gasteiger partial charge in [0.05, 0.1) is 0 Å². The number of aliphatic hydroxyl groups excluding tert-OH is 1. The van der Waals surface area contributed by atoms with E-state index in [0.717, 1.165) is 6.08 Å². The monoisotopic (exact) mass is 136 g/mol. The van der Waals surface area contributed by atoms with Gasteiger partial charge in [-0.25, -0.2) is 0 Å². The highest BCUT2D eigenvalue weighted by Crippen LogP contribution is 2.02. The van der Waals surface area contributed by atoms with Gasteiger partial charge < -0.3 is 5.11 Å². The van der Waals surface area contributed by atoms with E-state index in [4.69, 9.17) is 5.11 Å². The number of allylic oxidation sites excluding steroid dienone is 1. The molecule has 0 amide bonds. The highest BCUT2D eigenvalue weighted by atomic mass is 19.3. The van der Waals surface area contributed by atoms with Crippen molar-refractivity contribution in [1.82, 2.24) is 0 Å². The Morgan fingerprint density at radius 1 is 1.33 bits per heavy atom. The lowest BCUT2D eigenvalue weighted by Gasteiger charge is -1.88. The second-order valence-electron chi connectivity index (χ2n) is 1.71. The molecule has 0 radical (unpaired) electrons. The summed E-state index contributed by atoms with van der Waals surface area (Å²) in [6.45, 7) is 0.0851. The van der Waals surface area contributed by atoms with Crippen molar-refractivity contribution in [1.29, 1.82) is 0 Å². The van der Waals surface area contributed by atoms with E-state index < -0.39 is 6.08 Å². The first kappa shape index (κ1) is 8.56. The maximum absolute atomic E-state index is 11.3. The van der Waals surface area contributed by atoms with Crippen LogP contribution in [0.25, 0.3) is 0 Å². The van der Waals surface area contributed by atoms with Crippen LogP contribution in [-0.2, 0) is 0 Å². The van der Waals surface area contributed by atoms with Crippen LogP contribution in [0, 0.1) is 0 Å². The molecule has 1 nitrogen and oxygen atoms in total. The highest BCUT2D eigenvalue weighted by molar-refractivity contribution is 4.79. The van der Waals surface area contributed by atoms with Gasteiger partial charge in [0, 0.05) is 6.61 Å². The first-order chi connectivity index (χ1) is 4.27. The molecule has 0 aromatic rings. The van der Waals surface area contributed by atoms with Crippen LogP contribution in [0.2, 0.25) is 0 Å². The number of aliphatic hydroxyl groups is 1. The van der Waals surface area contributed by atoms with Gasteiger partial charge in [-0.15, -0.1) is 0 Å². The van der Waals surface area contributed by atoms with E-state index in [1.807, 2.05) is 0 Å². The van der Waals surface area contributed by atoms with Crippen molar-refractivity contribution in [2.75, 3.05) is 6.61 Å². The van der Waals surface area contributed by atoms with Gasteiger partial charge in [0.25, 0.3) is 6.08 Å². The van der Waals surface area contributed by atoms with E-state index >= 15 is 0 Å². The summed E-state index contributed by atoms with van der Waals surface area (Å²) in [7, 11) is 0. The number of rotatable bonds is 4. The van der Waals surface area contributed by atoms with Crippen LogP contribution in [-0.4, -0.2) is 11.7 Å². The van der Waals surface area contributed by atoms with E-state index in [2.05, 4.69) is 0 Å². The zero-order valence-electron chi connectivity index (χ0n) is 5.11. The number of unbranched alkanes of at least 4 members (excludes halogenated alkanes) is 2. The van der Waals surface area contributed by atoms with E-state index in [0.29, 0.717) is 19.3 Å². The third-order valence-corrected chi connectivity index (χ3v) is 0.911. The molecule has 3 heteroatoms.